The molecule has 6 atom stereocenters. The molecule has 1 aromatic carbocycles. The van der Waals surface area contributed by atoms with Crippen LogP contribution in [-0.2, 0) is 11.8 Å². The molecule has 0 aromatic heterocycles. The van der Waals surface area contributed by atoms with Crippen molar-refractivity contribution >= 4 is 0 Å². The third-order valence-electron chi connectivity index (χ3n) is 6.85. The molecule has 1 saturated heterocycles. The van der Waals surface area contributed by atoms with E-state index in [2.05, 4.69) is 18.0 Å². The van der Waals surface area contributed by atoms with Crippen LogP contribution in [-0.4, -0.2) is 60.2 Å². The minimum absolute atomic E-state index is 0.173. The molecular formula is C18H23NO4. The quantitative estimate of drug-likeness (QED) is 0.798. The van der Waals surface area contributed by atoms with Crippen molar-refractivity contribution in [3.8, 4) is 11.5 Å². The number of hydrogen-bond donors (Lipinski definition) is 2. The van der Waals surface area contributed by atoms with Crippen LogP contribution >= 0.6 is 0 Å². The van der Waals surface area contributed by atoms with Crippen molar-refractivity contribution in [2.45, 2.75) is 49.0 Å². The van der Waals surface area contributed by atoms with E-state index in [1.165, 1.54) is 11.1 Å². The standard InChI is InChI=1S/C18H23NO4/c1-19-6-5-18-10-8-12(20)15(21)17(18)23-16-13(22-2)4-3-9(14(16)18)7-11(10)19/h3-4,10-12,15,17,20-21H,5-8H2,1-2H3/t10-,11+,12+,15-,17-,18-/m0/s1. The zero-order valence-electron chi connectivity index (χ0n) is 13.5. The maximum atomic E-state index is 10.7. The average molecular weight is 317 g/mol. The minimum Gasteiger partial charge on any atom is -0.493 e. The molecule has 2 N–H and O–H groups in total. The Morgan fingerprint density at radius 2 is 2.17 bits per heavy atom. The van der Waals surface area contributed by atoms with Gasteiger partial charge in [-0.05, 0) is 50.4 Å². The third kappa shape index (κ3) is 1.49. The van der Waals surface area contributed by atoms with Gasteiger partial charge in [-0.2, -0.15) is 0 Å². The Balaban J connectivity index is 1.79. The minimum atomic E-state index is -0.835. The van der Waals surface area contributed by atoms with Crippen LogP contribution in [0.5, 0.6) is 11.5 Å². The van der Waals surface area contributed by atoms with Crippen LogP contribution in [0, 0.1) is 5.92 Å². The van der Waals surface area contributed by atoms with Gasteiger partial charge in [-0.15, -0.1) is 0 Å². The summed E-state index contributed by atoms with van der Waals surface area (Å²) >= 11 is 0. The molecule has 2 aliphatic heterocycles. The maximum Gasteiger partial charge on any atom is 0.165 e. The van der Waals surface area contributed by atoms with E-state index >= 15 is 0 Å². The lowest BCUT2D eigenvalue weighted by atomic mass is 9.51. The molecule has 4 aliphatic rings. The van der Waals surface area contributed by atoms with Crippen molar-refractivity contribution in [3.63, 3.8) is 0 Å². The highest BCUT2D eigenvalue weighted by Gasteiger charge is 2.67. The zero-order chi connectivity index (χ0) is 15.9. The summed E-state index contributed by atoms with van der Waals surface area (Å²) in [5.41, 5.74) is 2.40. The summed E-state index contributed by atoms with van der Waals surface area (Å²) in [5.74, 6) is 1.87. The van der Waals surface area contributed by atoms with Crippen LogP contribution in [0.4, 0.5) is 0 Å². The molecule has 5 rings (SSSR count). The van der Waals surface area contributed by atoms with Gasteiger partial charge in [0.25, 0.3) is 0 Å². The Kier molecular flexibility index (Phi) is 2.70. The normalized spacial score (nSPS) is 43.7. The number of piperidine rings is 1. The second-order valence-corrected chi connectivity index (χ2v) is 7.61. The second kappa shape index (κ2) is 4.41. The van der Waals surface area contributed by atoms with E-state index in [0.717, 1.165) is 30.9 Å². The van der Waals surface area contributed by atoms with E-state index < -0.39 is 12.2 Å². The van der Waals surface area contributed by atoms with Gasteiger partial charge in [0.1, 0.15) is 12.2 Å². The van der Waals surface area contributed by atoms with Gasteiger partial charge in [-0.25, -0.2) is 0 Å². The highest BCUT2D eigenvalue weighted by Crippen LogP contribution is 2.63. The molecule has 2 aliphatic carbocycles. The first-order valence-electron chi connectivity index (χ1n) is 8.51. The monoisotopic (exact) mass is 317 g/mol. The summed E-state index contributed by atoms with van der Waals surface area (Å²) in [6.07, 6.45) is 0.678. The van der Waals surface area contributed by atoms with Gasteiger partial charge in [-0.1, -0.05) is 6.07 Å². The van der Waals surface area contributed by atoms with Crippen LogP contribution in [0.1, 0.15) is 24.0 Å². The Labute approximate surface area is 135 Å². The molecule has 1 saturated carbocycles. The lowest BCUT2D eigenvalue weighted by molar-refractivity contribution is -0.150. The molecule has 2 heterocycles. The topological polar surface area (TPSA) is 62.2 Å². The van der Waals surface area contributed by atoms with E-state index in [-0.39, 0.29) is 11.5 Å². The van der Waals surface area contributed by atoms with Crippen molar-refractivity contribution in [3.05, 3.63) is 23.3 Å². The average Bonchev–Trinajstić information content (AvgIpc) is 2.89. The molecule has 1 spiro atoms. The molecule has 5 nitrogen and oxygen atoms in total. The predicted molar refractivity (Wildman–Crippen MR) is 83.9 cm³/mol. The first-order valence-corrected chi connectivity index (χ1v) is 8.51. The summed E-state index contributed by atoms with van der Waals surface area (Å²) in [6.45, 7) is 1.000. The van der Waals surface area contributed by atoms with Crippen molar-refractivity contribution < 1.29 is 19.7 Å². The van der Waals surface area contributed by atoms with Crippen molar-refractivity contribution in [2.75, 3.05) is 20.7 Å². The number of nitrogens with zero attached hydrogens (tertiary/aromatic N) is 1. The van der Waals surface area contributed by atoms with E-state index in [9.17, 15) is 10.2 Å². The van der Waals surface area contributed by atoms with Gasteiger partial charge in [0.05, 0.1) is 13.2 Å². The van der Waals surface area contributed by atoms with Gasteiger partial charge in [-0.3, -0.25) is 0 Å². The first-order chi connectivity index (χ1) is 11.1. The maximum absolute atomic E-state index is 10.7. The number of likely N-dealkylation sites (tertiary alicyclic amines) is 1. The highest BCUT2D eigenvalue weighted by atomic mass is 16.5. The molecule has 23 heavy (non-hydrogen) atoms. The van der Waals surface area contributed by atoms with Crippen LogP contribution in [0.2, 0.25) is 0 Å². The van der Waals surface area contributed by atoms with Gasteiger partial charge in [0, 0.05) is 17.0 Å². The summed E-state index contributed by atoms with van der Waals surface area (Å²) < 4.78 is 11.8. The van der Waals surface area contributed by atoms with Gasteiger partial charge in [0.15, 0.2) is 11.5 Å². The molecule has 1 aromatic rings. The summed E-state index contributed by atoms with van der Waals surface area (Å²) in [6, 6.07) is 4.54. The lowest BCUT2D eigenvalue weighted by Crippen LogP contribution is -2.69. The number of aliphatic hydroxyl groups excluding tert-OH is 2. The SMILES string of the molecule is COc1ccc2c3c1O[C@H]1[C@@H](O)[C@H](O)C[C@H]4[C@@H](C2)N(C)CC[C@@]341. The first kappa shape index (κ1) is 14.1. The van der Waals surface area contributed by atoms with Crippen LogP contribution in [0.15, 0.2) is 12.1 Å². The largest absolute Gasteiger partial charge is 0.493 e. The number of benzene rings is 1. The summed E-state index contributed by atoms with van der Waals surface area (Å²) in [7, 11) is 3.83. The molecule has 0 unspecified atom stereocenters. The third-order valence-corrected chi connectivity index (χ3v) is 6.85. The van der Waals surface area contributed by atoms with E-state index in [4.69, 9.17) is 9.47 Å². The summed E-state index contributed by atoms with van der Waals surface area (Å²) in [5, 5.41) is 21.1. The second-order valence-electron chi connectivity index (χ2n) is 7.61. The predicted octanol–water partition coefficient (Wildman–Crippen LogP) is 0.696. The molecule has 5 heteroatoms. The van der Waals surface area contributed by atoms with Crippen molar-refractivity contribution in [2.24, 2.45) is 5.92 Å². The smallest absolute Gasteiger partial charge is 0.165 e. The number of ether oxygens (including phenoxy) is 2. The van der Waals surface area contributed by atoms with E-state index in [0.29, 0.717) is 18.4 Å². The van der Waals surface area contributed by atoms with Crippen molar-refractivity contribution in [1.82, 2.24) is 4.90 Å². The van der Waals surface area contributed by atoms with Gasteiger partial charge < -0.3 is 24.6 Å². The van der Waals surface area contributed by atoms with Gasteiger partial charge in [0.2, 0.25) is 0 Å². The molecule has 124 valence electrons. The highest BCUT2D eigenvalue weighted by molar-refractivity contribution is 5.61. The Morgan fingerprint density at radius 1 is 1.35 bits per heavy atom. The number of likely N-dealkylation sites (N-methyl/N-ethyl adjacent to an activating group) is 1. The fraction of sp³-hybridized carbons (Fsp3) is 0.667. The molecule has 0 amide bonds. The molecule has 0 radical (unpaired) electrons. The van der Waals surface area contributed by atoms with E-state index in [1.807, 2.05) is 6.07 Å². The molecule has 2 fully saturated rings. The van der Waals surface area contributed by atoms with Crippen molar-refractivity contribution in [1.29, 1.82) is 0 Å². The number of methoxy groups -OCH3 is 1. The van der Waals surface area contributed by atoms with Gasteiger partial charge >= 0.3 is 0 Å². The van der Waals surface area contributed by atoms with Crippen LogP contribution < -0.4 is 9.47 Å². The lowest BCUT2D eigenvalue weighted by Gasteiger charge is -2.59. The van der Waals surface area contributed by atoms with Crippen LogP contribution in [0.25, 0.3) is 0 Å². The Morgan fingerprint density at radius 3 is 2.96 bits per heavy atom. The number of hydrogen-bond acceptors (Lipinski definition) is 5. The van der Waals surface area contributed by atoms with E-state index in [1.54, 1.807) is 7.11 Å². The van der Waals surface area contributed by atoms with Crippen LogP contribution in [0.3, 0.4) is 0 Å². The zero-order valence-corrected chi connectivity index (χ0v) is 13.5. The Hall–Kier alpha value is -1.30. The summed E-state index contributed by atoms with van der Waals surface area (Å²) in [4.78, 5) is 2.42. The molecule has 2 bridgehead atoms. The Bertz CT molecular complexity index is 677. The number of rotatable bonds is 1. The fourth-order valence-corrected chi connectivity index (χ4v) is 5.83. The number of aliphatic hydroxyl groups is 2. The fourth-order valence-electron chi connectivity index (χ4n) is 5.83. The molecular weight excluding hydrogens is 294 g/mol.